The second kappa shape index (κ2) is 50.2. The van der Waals surface area contributed by atoms with E-state index in [0.717, 1.165) is 114 Å². The Bertz CT molecular complexity index is 6320. The van der Waals surface area contributed by atoms with E-state index >= 15 is 0 Å². The molecule has 5 aliphatic rings. The van der Waals surface area contributed by atoms with Crippen molar-refractivity contribution in [3.8, 4) is 6.01 Å². The van der Waals surface area contributed by atoms with Crippen LogP contribution in [0.2, 0.25) is 21.0 Å². The maximum atomic E-state index is 11.7. The largest absolute Gasteiger partial charge is 0.477 e. The lowest BCUT2D eigenvalue weighted by atomic mass is 9.93. The number of anilines is 7. The van der Waals surface area contributed by atoms with Gasteiger partial charge in [0.2, 0.25) is 27.7 Å². The number of ether oxygens (including phenoxy) is 3. The molecule has 4 saturated carbocycles. The first-order chi connectivity index (χ1) is 64.1. The molecule has 9 aromatic heterocycles. The lowest BCUT2D eigenvalue weighted by molar-refractivity contribution is -0.129. The summed E-state index contributed by atoms with van der Waals surface area (Å²) in [6, 6.07) is 16.7. The summed E-state index contributed by atoms with van der Waals surface area (Å²) in [4.78, 5) is 226. The smallest absolute Gasteiger partial charge is 0.347 e. The molecule has 4 aliphatic carbocycles. The first kappa shape index (κ1) is 102. The minimum atomic E-state index is -1.37. The highest BCUT2D eigenvalue weighted by molar-refractivity contribution is 6.67. The van der Waals surface area contributed by atoms with Crippen molar-refractivity contribution >= 4 is 162 Å². The Labute approximate surface area is 780 Å². The van der Waals surface area contributed by atoms with Crippen LogP contribution in [0, 0.1) is 0 Å². The van der Waals surface area contributed by atoms with Crippen LogP contribution in [-0.4, -0.2) is 233 Å². The van der Waals surface area contributed by atoms with Gasteiger partial charge in [0.15, 0.2) is 0 Å². The molecule has 49 nitrogen and oxygen atoms in total. The van der Waals surface area contributed by atoms with E-state index in [1.165, 1.54) is 55.1 Å². The molecule has 1 aliphatic heterocycles. The van der Waals surface area contributed by atoms with Gasteiger partial charge in [-0.25, -0.2) is 68.3 Å². The molecule has 2 aromatic carbocycles. The van der Waals surface area contributed by atoms with Crippen LogP contribution in [0.15, 0.2) is 127 Å². The van der Waals surface area contributed by atoms with Crippen molar-refractivity contribution in [2.24, 2.45) is 11.5 Å². The van der Waals surface area contributed by atoms with Crippen molar-refractivity contribution in [3.05, 3.63) is 226 Å². The fourth-order valence-corrected chi connectivity index (χ4v) is 12.4. The first-order valence-electron chi connectivity index (χ1n) is 40.7. The Kier molecular flexibility index (Phi) is 38.4. The third-order valence-corrected chi connectivity index (χ3v) is 20.5. The lowest BCUT2D eigenvalue weighted by Gasteiger charge is -2.35. The fourth-order valence-electron chi connectivity index (χ4n) is 11.6. The van der Waals surface area contributed by atoms with Gasteiger partial charge in [0.1, 0.15) is 78.4 Å². The van der Waals surface area contributed by atoms with E-state index in [4.69, 9.17) is 94.0 Å². The van der Waals surface area contributed by atoms with Crippen molar-refractivity contribution < 1.29 is 72.4 Å². The highest BCUT2D eigenvalue weighted by Crippen LogP contribution is 2.31. The van der Waals surface area contributed by atoms with Crippen molar-refractivity contribution in [2.45, 2.75) is 129 Å². The van der Waals surface area contributed by atoms with E-state index in [1.807, 2.05) is 68.4 Å². The molecular weight excluding hydrogens is 1870 g/mol. The molecule has 17 N–H and O–H groups in total. The molecule has 54 heteroatoms. The summed E-state index contributed by atoms with van der Waals surface area (Å²) in [6.45, 7) is 10.6. The molecule has 1 saturated heterocycles. The molecule has 0 unspecified atom stereocenters. The second-order valence-corrected chi connectivity index (χ2v) is 30.3. The van der Waals surface area contributed by atoms with E-state index in [1.54, 1.807) is 32.7 Å². The number of aromatic nitrogens is 19. The summed E-state index contributed by atoms with van der Waals surface area (Å²) in [5, 5.41) is 40.3. The quantitative estimate of drug-likeness (QED) is 0.0100. The number of carbonyl (C=O) groups excluding carboxylic acids is 7. The van der Waals surface area contributed by atoms with Gasteiger partial charge < -0.3 is 92.1 Å². The number of aromatic amines is 6. The Morgan fingerprint density at radius 3 is 1.31 bits per heavy atom. The van der Waals surface area contributed by atoms with Crippen LogP contribution in [0.3, 0.4) is 0 Å². The summed E-state index contributed by atoms with van der Waals surface area (Å²) in [6.07, 6.45) is 22.7. The van der Waals surface area contributed by atoms with Crippen molar-refractivity contribution in [2.75, 3.05) is 77.5 Å². The molecule has 16 rings (SSSR count). The SMILES string of the molecule is CC(=O)N1CCN(c2ccc(Nc3ncc(C(N)=O)c(NC4CCC4)n3)cc2)CC1.CCOC(=O)c1c[nH]c(=O)[nH]c1=O.CCOC(=O)c1cnc(Cl)nc1Cl.CCOC(=O)c1cnc(Cl)nc1NC1CCC1.NC(=O)c1cnc(On2nnc3ccccc32)nc1NC1CCC1.O=C(Cl)c1c[nH]c(=O)[nH]c1=O.O=C(O)c1c[nH]c(=O)[nH]c1=O.O=C(O)c1cnc(Cl)nc1NC1CCC1. The number of nitrogens with two attached hydrogens (primary N) is 2. The molecule has 0 bridgehead atoms. The predicted molar refractivity (Wildman–Crippen MR) is 485 cm³/mol. The van der Waals surface area contributed by atoms with Crippen LogP contribution in [0.5, 0.6) is 6.01 Å². The van der Waals surface area contributed by atoms with Crippen LogP contribution in [0.1, 0.15) is 188 Å². The van der Waals surface area contributed by atoms with Gasteiger partial charge in [0.25, 0.3) is 33.7 Å². The van der Waals surface area contributed by atoms with Gasteiger partial charge >= 0.3 is 52.9 Å². The van der Waals surface area contributed by atoms with Crippen molar-refractivity contribution in [1.29, 1.82) is 0 Å². The van der Waals surface area contributed by atoms with E-state index in [0.29, 0.717) is 76.1 Å². The molecule has 5 fully saturated rings. The van der Waals surface area contributed by atoms with Crippen molar-refractivity contribution in [3.63, 3.8) is 0 Å². The number of halogens is 5. The summed E-state index contributed by atoms with van der Waals surface area (Å²) in [5.41, 5.74) is 9.79. The molecule has 0 radical (unpaired) electrons. The number of amides is 3. The number of carboxylic acids is 2. The maximum Gasteiger partial charge on any atom is 0.347 e. The number of aromatic carboxylic acids is 2. The number of esters is 3. The average molecular weight is 1950 g/mol. The zero-order chi connectivity index (χ0) is 97.2. The molecule has 10 heterocycles. The van der Waals surface area contributed by atoms with Gasteiger partial charge in [-0.3, -0.25) is 48.5 Å². The number of fused-ring (bicyclic) bond motifs is 1. The summed E-state index contributed by atoms with van der Waals surface area (Å²) in [7, 11) is 0. The van der Waals surface area contributed by atoms with Gasteiger partial charge in [-0.05, 0) is 186 Å². The second-order valence-electron chi connectivity index (χ2n) is 28.5. The Morgan fingerprint density at radius 2 is 0.873 bits per heavy atom. The predicted octanol–water partition coefficient (Wildman–Crippen LogP) is 6.55. The summed E-state index contributed by atoms with van der Waals surface area (Å²) >= 11 is 27.4. The van der Waals surface area contributed by atoms with Crippen molar-refractivity contribution in [1.82, 2.24) is 99.8 Å². The van der Waals surface area contributed by atoms with Gasteiger partial charge in [0, 0.05) is 118 Å². The number of carboxylic acid groups (broad SMARTS) is 2. The minimum Gasteiger partial charge on any atom is -0.477 e. The lowest BCUT2D eigenvalue weighted by Crippen LogP contribution is -2.48. The number of carbonyl (C=O) groups is 9. The highest BCUT2D eigenvalue weighted by atomic mass is 35.5. The molecule has 134 heavy (non-hydrogen) atoms. The minimum absolute atomic E-state index is 0.00144. The first-order valence-corrected chi connectivity index (χ1v) is 42.6. The molecule has 3 amide bonds. The van der Waals surface area contributed by atoms with Crippen LogP contribution in [0.4, 0.5) is 40.6 Å². The summed E-state index contributed by atoms with van der Waals surface area (Å²) in [5.74, 6) is -3.11. The number of hydrogen-bond donors (Lipinski definition) is 15. The molecule has 0 atom stereocenters. The fraction of sp³-hybridized carbons (Fsp3) is 0.338. The van der Waals surface area contributed by atoms with Gasteiger partial charge in [0.05, 0.1) is 25.4 Å². The number of primary amides is 2. The number of para-hydroxylation sites is 1. The standard InChI is InChI=1S/C21H27N7O2.C15H15N7O2.C11H14ClN3O2.C9H10ClN3O2.C7H6Cl2N2O2.C7H8N2O4.C5H3ClN2O3.C5H4N2O4/c1-14(29)27-9-11-28(12-10-27)17-7-5-16(6-8-17)25-21-23-13-18(19(22)30)20(26-21)24-15-3-2-4-15;16-13(23)10-8-17-15(19-14(10)18-9-4-3-5-9)24-22-12-7-2-1-6-11(12)20-21-22;1-2-17-10(16)8-6-13-11(12)15-9(8)14-7-4-3-5-7;10-9-11-4-6(8(14)15)7(13-9)12-5-2-1-3-5;1-2-13-6(12)4-3-10-7(9)11-5(4)8;1-2-13-6(11)4-3-8-7(12)9-5(4)10;6-3(9)2-1-7-5(11)8-4(2)10;8-3-2(4(9)10)1-6-5(11)7-3/h5-8,13,15H,2-4,9-12H2,1H3,(H2,22,30)(H2,23,24,25,26);1-2,6-9H,3-5H2,(H2,16,23)(H,17,18,19);6-7H,2-5H2,1H3,(H,13,14,15);4-5H,1-3H2,(H,14,15)(H,11,12,13);3H,2H2,1H3;3H,2H2,1H3,(H2,8,9,10,12);1H,(H2,7,8,10,11);1H,(H,9,10)(H2,6,7,8,11). The third-order valence-electron chi connectivity index (χ3n) is 19.4. The Hall–Kier alpha value is -15.2. The van der Waals surface area contributed by atoms with Gasteiger partial charge in [-0.2, -0.15) is 19.9 Å². The number of H-pyrrole nitrogens is 6. The number of nitrogens with one attached hydrogen (secondary N) is 11. The highest BCUT2D eigenvalue weighted by Gasteiger charge is 2.28. The van der Waals surface area contributed by atoms with Gasteiger partial charge in [-0.1, -0.05) is 28.6 Å². The van der Waals surface area contributed by atoms with Crippen LogP contribution in [0.25, 0.3) is 11.0 Å². The monoisotopic (exact) mass is 1950 g/mol. The topological polar surface area (TPSA) is 706 Å². The van der Waals surface area contributed by atoms with Crippen LogP contribution in [-0.2, 0) is 19.0 Å². The maximum absolute atomic E-state index is 11.7. The zero-order valence-corrected chi connectivity index (χ0v) is 75.2. The van der Waals surface area contributed by atoms with E-state index < -0.39 is 86.2 Å². The number of benzene rings is 2. The third kappa shape index (κ3) is 30.7. The van der Waals surface area contributed by atoms with E-state index in [2.05, 4.69) is 106 Å². The number of nitrogens with zero attached hydrogens (tertiary/aromatic N) is 15. The average Bonchev–Trinajstić information content (AvgIpc) is 1.77. The molecular formula is C80H87Cl5N28O21. The number of piperazine rings is 1. The molecule has 708 valence electrons. The number of rotatable bonds is 24. The Morgan fingerprint density at radius 1 is 0.470 bits per heavy atom. The van der Waals surface area contributed by atoms with Crippen LogP contribution >= 0.6 is 58.0 Å². The summed E-state index contributed by atoms with van der Waals surface area (Å²) < 4.78 is 14.2. The zero-order valence-electron chi connectivity index (χ0n) is 71.4. The van der Waals surface area contributed by atoms with E-state index in [-0.39, 0.29) is 80.0 Å². The van der Waals surface area contributed by atoms with Crippen LogP contribution < -0.4 is 81.5 Å². The van der Waals surface area contributed by atoms with Gasteiger partial charge in [-0.15, -0.1) is 5.10 Å². The van der Waals surface area contributed by atoms with E-state index in [9.17, 15) is 71.9 Å². The normalized spacial score (nSPS) is 13.4. The Balaban J connectivity index is 0.000000177. The molecule has 11 aromatic rings. The molecule has 0 spiro atoms. The number of hydrogen-bond acceptors (Lipinski definition) is 37.